The van der Waals surface area contributed by atoms with Gasteiger partial charge in [-0.3, -0.25) is 4.79 Å². The first-order valence-corrected chi connectivity index (χ1v) is 8.47. The molecule has 1 N–H and O–H groups in total. The molecule has 126 valence electrons. The quantitative estimate of drug-likeness (QED) is 0.613. The normalized spacial score (nSPS) is 11.9. The minimum atomic E-state index is -0.892. The Kier molecular flexibility index (Phi) is 6.57. The second kappa shape index (κ2) is 8.88. The molecule has 0 saturated heterocycles. The highest BCUT2D eigenvalue weighted by atomic mass is 32.1. The summed E-state index contributed by atoms with van der Waals surface area (Å²) in [7, 11) is 0. The minimum Gasteiger partial charge on any atom is -0.494 e. The van der Waals surface area contributed by atoms with Crippen LogP contribution >= 0.6 is 11.3 Å². The fourth-order valence-corrected chi connectivity index (χ4v) is 2.47. The molecule has 0 aliphatic heterocycles. The lowest BCUT2D eigenvalue weighted by Gasteiger charge is -2.12. The van der Waals surface area contributed by atoms with Crippen LogP contribution in [0, 0.1) is 0 Å². The van der Waals surface area contributed by atoms with Crippen LogP contribution in [-0.2, 0) is 14.3 Å². The van der Waals surface area contributed by atoms with Gasteiger partial charge in [0.05, 0.1) is 6.61 Å². The highest BCUT2D eigenvalue weighted by Gasteiger charge is 2.16. The van der Waals surface area contributed by atoms with Crippen molar-refractivity contribution in [2.24, 2.45) is 0 Å². The van der Waals surface area contributed by atoms with Crippen LogP contribution in [0.2, 0.25) is 0 Å². The molecule has 2 aromatic rings. The van der Waals surface area contributed by atoms with Gasteiger partial charge in [0.25, 0.3) is 5.91 Å². The van der Waals surface area contributed by atoms with Crippen molar-refractivity contribution in [3.63, 3.8) is 0 Å². The summed E-state index contributed by atoms with van der Waals surface area (Å²) in [6.07, 6.45) is 2.06. The third kappa shape index (κ3) is 5.55. The number of carbonyl (C=O) groups excluding carboxylic acids is 2. The maximum absolute atomic E-state index is 12.0. The zero-order valence-electron chi connectivity index (χ0n) is 13.5. The molecule has 0 fully saturated rings. The number of anilines is 1. The van der Waals surface area contributed by atoms with E-state index in [1.807, 2.05) is 23.8 Å². The molecule has 1 aromatic heterocycles. The van der Waals surface area contributed by atoms with Gasteiger partial charge in [-0.15, -0.1) is 0 Å². The SMILES string of the molecule is CCOc1ccc(NC(=O)[C@H](C)OC(=O)/C=C/c2ccsc2)cc1. The lowest BCUT2D eigenvalue weighted by molar-refractivity contribution is -0.148. The van der Waals surface area contributed by atoms with E-state index in [2.05, 4.69) is 5.32 Å². The molecule has 2 rings (SSSR count). The van der Waals surface area contributed by atoms with Gasteiger partial charge < -0.3 is 14.8 Å². The van der Waals surface area contributed by atoms with Crippen LogP contribution in [0.4, 0.5) is 5.69 Å². The van der Waals surface area contributed by atoms with Crippen LogP contribution in [0.5, 0.6) is 5.75 Å². The number of ether oxygens (including phenoxy) is 2. The number of rotatable bonds is 7. The van der Waals surface area contributed by atoms with Gasteiger partial charge in [-0.25, -0.2) is 4.79 Å². The van der Waals surface area contributed by atoms with E-state index in [4.69, 9.17) is 9.47 Å². The minimum absolute atomic E-state index is 0.392. The molecule has 24 heavy (non-hydrogen) atoms. The second-order valence-corrected chi connectivity index (χ2v) is 5.70. The van der Waals surface area contributed by atoms with Crippen molar-refractivity contribution < 1.29 is 19.1 Å². The maximum atomic E-state index is 12.0. The molecular weight excluding hydrogens is 326 g/mol. The summed E-state index contributed by atoms with van der Waals surface area (Å²) in [5.74, 6) is -0.222. The van der Waals surface area contributed by atoms with Gasteiger partial charge >= 0.3 is 5.97 Å². The van der Waals surface area contributed by atoms with Crippen LogP contribution in [0.15, 0.2) is 47.2 Å². The zero-order chi connectivity index (χ0) is 17.4. The van der Waals surface area contributed by atoms with Gasteiger partial charge in [0.2, 0.25) is 0 Å². The van der Waals surface area contributed by atoms with Crippen molar-refractivity contribution in [2.45, 2.75) is 20.0 Å². The topological polar surface area (TPSA) is 64.6 Å². The van der Waals surface area contributed by atoms with Crippen LogP contribution in [0.1, 0.15) is 19.4 Å². The molecule has 0 aliphatic carbocycles. The molecular formula is C18H19NO4S. The first kappa shape index (κ1) is 17.7. The summed E-state index contributed by atoms with van der Waals surface area (Å²) < 4.78 is 10.4. The molecule has 0 bridgehead atoms. The van der Waals surface area contributed by atoms with E-state index >= 15 is 0 Å². The number of nitrogens with one attached hydrogen (secondary N) is 1. The molecule has 0 spiro atoms. The van der Waals surface area contributed by atoms with Crippen molar-refractivity contribution in [2.75, 3.05) is 11.9 Å². The Balaban J connectivity index is 1.84. The zero-order valence-corrected chi connectivity index (χ0v) is 14.3. The van der Waals surface area contributed by atoms with Crippen LogP contribution in [0.25, 0.3) is 6.08 Å². The highest BCUT2D eigenvalue weighted by Crippen LogP contribution is 2.16. The van der Waals surface area contributed by atoms with Crippen LogP contribution in [0.3, 0.4) is 0 Å². The third-order valence-corrected chi connectivity index (χ3v) is 3.75. The fourth-order valence-electron chi connectivity index (χ4n) is 1.85. The van der Waals surface area contributed by atoms with Crippen molar-refractivity contribution in [3.8, 4) is 5.75 Å². The number of thiophene rings is 1. The van der Waals surface area contributed by atoms with Gasteiger partial charge in [-0.1, -0.05) is 0 Å². The number of amides is 1. The Morgan fingerprint density at radius 3 is 2.62 bits per heavy atom. The predicted octanol–water partition coefficient (Wildman–Crippen LogP) is 3.73. The molecule has 1 atom stereocenters. The molecule has 0 saturated carbocycles. The number of esters is 1. The van der Waals surface area contributed by atoms with E-state index in [1.165, 1.54) is 24.3 Å². The summed E-state index contributed by atoms with van der Waals surface area (Å²) in [6.45, 7) is 4.01. The summed E-state index contributed by atoms with van der Waals surface area (Å²) in [4.78, 5) is 23.8. The van der Waals surface area contributed by atoms with Gasteiger partial charge in [0.1, 0.15) is 5.75 Å². The Morgan fingerprint density at radius 2 is 2.00 bits per heavy atom. The largest absolute Gasteiger partial charge is 0.494 e. The second-order valence-electron chi connectivity index (χ2n) is 4.92. The summed E-state index contributed by atoms with van der Waals surface area (Å²) in [5, 5.41) is 6.52. The number of hydrogen-bond acceptors (Lipinski definition) is 5. The lowest BCUT2D eigenvalue weighted by atomic mass is 10.3. The van der Waals surface area contributed by atoms with Crippen molar-refractivity contribution >= 4 is 35.0 Å². The molecule has 0 aliphatic rings. The highest BCUT2D eigenvalue weighted by molar-refractivity contribution is 7.08. The maximum Gasteiger partial charge on any atom is 0.331 e. The van der Waals surface area contributed by atoms with Gasteiger partial charge in [-0.2, -0.15) is 11.3 Å². The monoisotopic (exact) mass is 345 g/mol. The number of carbonyl (C=O) groups is 2. The predicted molar refractivity (Wildman–Crippen MR) is 95.1 cm³/mol. The number of hydrogen-bond donors (Lipinski definition) is 1. The van der Waals surface area contributed by atoms with Crippen LogP contribution in [-0.4, -0.2) is 24.6 Å². The average Bonchev–Trinajstić information content (AvgIpc) is 3.08. The fraction of sp³-hybridized carbons (Fsp3) is 0.222. The van der Waals surface area contributed by atoms with Gasteiger partial charge in [-0.05, 0) is 66.6 Å². The van der Waals surface area contributed by atoms with E-state index in [0.717, 1.165) is 11.3 Å². The first-order valence-electron chi connectivity index (χ1n) is 7.53. The Morgan fingerprint density at radius 1 is 1.25 bits per heavy atom. The van der Waals surface area contributed by atoms with E-state index in [1.54, 1.807) is 30.3 Å². The molecule has 0 radical (unpaired) electrons. The smallest absolute Gasteiger partial charge is 0.331 e. The van der Waals surface area contributed by atoms with Gasteiger partial charge in [0.15, 0.2) is 6.10 Å². The summed E-state index contributed by atoms with van der Waals surface area (Å²) >= 11 is 1.54. The number of benzene rings is 1. The average molecular weight is 345 g/mol. The van der Waals surface area contributed by atoms with E-state index in [-0.39, 0.29) is 0 Å². The van der Waals surface area contributed by atoms with Crippen molar-refractivity contribution in [1.82, 2.24) is 0 Å². The molecule has 1 heterocycles. The van der Waals surface area contributed by atoms with E-state index < -0.39 is 18.0 Å². The molecule has 5 nitrogen and oxygen atoms in total. The third-order valence-electron chi connectivity index (χ3n) is 3.05. The Labute approximate surface area is 144 Å². The van der Waals surface area contributed by atoms with Crippen molar-refractivity contribution in [1.29, 1.82) is 0 Å². The standard InChI is InChI=1S/C18H19NO4S/c1-3-22-16-7-5-15(6-8-16)19-18(21)13(2)23-17(20)9-4-14-10-11-24-12-14/h4-13H,3H2,1-2H3,(H,19,21)/b9-4+/t13-/m0/s1. The molecule has 1 amide bonds. The van der Waals surface area contributed by atoms with Gasteiger partial charge in [0, 0.05) is 11.8 Å². The molecule has 0 unspecified atom stereocenters. The molecule has 6 heteroatoms. The summed E-state index contributed by atoms with van der Waals surface area (Å²) in [5.41, 5.74) is 1.53. The Bertz CT molecular complexity index is 692. The Hall–Kier alpha value is -2.60. The summed E-state index contributed by atoms with van der Waals surface area (Å²) in [6, 6.07) is 8.87. The van der Waals surface area contributed by atoms with E-state index in [9.17, 15) is 9.59 Å². The van der Waals surface area contributed by atoms with E-state index in [0.29, 0.717) is 12.3 Å². The van der Waals surface area contributed by atoms with Crippen molar-refractivity contribution in [3.05, 3.63) is 52.7 Å². The lowest BCUT2D eigenvalue weighted by Crippen LogP contribution is -2.29. The first-order chi connectivity index (χ1) is 11.6. The molecule has 1 aromatic carbocycles. The van der Waals surface area contributed by atoms with Crippen LogP contribution < -0.4 is 10.1 Å².